The first-order valence-electron chi connectivity index (χ1n) is 12.2. The molecule has 1 atom stereocenters. The van der Waals surface area contributed by atoms with Crippen LogP contribution >= 0.6 is 0 Å². The summed E-state index contributed by atoms with van der Waals surface area (Å²) >= 11 is 0. The van der Waals surface area contributed by atoms with Gasteiger partial charge in [0.05, 0.1) is 0 Å². The van der Waals surface area contributed by atoms with E-state index in [0.717, 1.165) is 6.54 Å². The molecule has 0 aromatic heterocycles. The average Bonchev–Trinajstić information content (AvgIpc) is 2.92. The van der Waals surface area contributed by atoms with Gasteiger partial charge < -0.3 is 9.80 Å². The monoisotopic (exact) mass is 506 g/mol. The number of anilines is 2. The first kappa shape index (κ1) is 27.8. The van der Waals surface area contributed by atoms with Gasteiger partial charge in [-0.15, -0.1) is 0 Å². The Morgan fingerprint density at radius 1 is 0.632 bits per heavy atom. The zero-order valence-corrected chi connectivity index (χ0v) is 22.0. The second kappa shape index (κ2) is 13.0. The van der Waals surface area contributed by atoms with Crippen LogP contribution in [-0.2, 0) is 19.2 Å². The minimum Gasteiger partial charge on any atom is -0.343 e. The van der Waals surface area contributed by atoms with Gasteiger partial charge in [-0.05, 0) is 79.9 Å². The molecule has 5 rings (SSSR count). The number of hydrogen-bond donors (Lipinski definition) is 0. The highest BCUT2D eigenvalue weighted by atomic mass is 16.2. The zero-order chi connectivity index (χ0) is 27.7. The molecule has 0 saturated carbocycles. The standard InChI is InChI=1S/C30H30N2.2CO2/c1-21-9-15-28(16-10-21)31-20-23(3)24(4)32(29-17-11-22(2)12-18-29)30(31)27-14-13-25-7-5-6-8-26(25)19-27;2*2-1-3/h5-19,30H,20H2,1-4H3;;. The van der Waals surface area contributed by atoms with Gasteiger partial charge >= 0.3 is 12.3 Å². The molecule has 0 fully saturated rings. The van der Waals surface area contributed by atoms with E-state index in [4.69, 9.17) is 19.2 Å². The van der Waals surface area contributed by atoms with Crippen LogP contribution in [0.5, 0.6) is 0 Å². The molecule has 0 radical (unpaired) electrons. The van der Waals surface area contributed by atoms with Crippen LogP contribution in [0.2, 0.25) is 0 Å². The molecule has 1 aliphatic rings. The molecule has 0 spiro atoms. The van der Waals surface area contributed by atoms with Crippen molar-refractivity contribution in [2.75, 3.05) is 16.3 Å². The van der Waals surface area contributed by atoms with Crippen LogP contribution in [0.3, 0.4) is 0 Å². The van der Waals surface area contributed by atoms with Crippen LogP contribution in [0.25, 0.3) is 10.8 Å². The van der Waals surface area contributed by atoms with Crippen molar-refractivity contribution < 1.29 is 19.2 Å². The second-order valence-electron chi connectivity index (χ2n) is 9.18. The Morgan fingerprint density at radius 2 is 1.13 bits per heavy atom. The van der Waals surface area contributed by atoms with E-state index in [2.05, 4.69) is 128 Å². The van der Waals surface area contributed by atoms with E-state index in [-0.39, 0.29) is 18.5 Å². The summed E-state index contributed by atoms with van der Waals surface area (Å²) in [6.45, 7) is 9.72. The summed E-state index contributed by atoms with van der Waals surface area (Å²) in [7, 11) is 0. The molecule has 38 heavy (non-hydrogen) atoms. The highest BCUT2D eigenvalue weighted by Crippen LogP contribution is 2.41. The lowest BCUT2D eigenvalue weighted by Gasteiger charge is -2.47. The largest absolute Gasteiger partial charge is 0.373 e. The number of hydrogen-bond acceptors (Lipinski definition) is 6. The first-order valence-corrected chi connectivity index (χ1v) is 12.2. The molecule has 0 N–H and O–H groups in total. The minimum absolute atomic E-state index is 0.0775. The van der Waals surface area contributed by atoms with Gasteiger partial charge in [-0.25, -0.2) is 0 Å². The number of rotatable bonds is 3. The number of fused-ring (bicyclic) bond motifs is 1. The summed E-state index contributed by atoms with van der Waals surface area (Å²) in [5, 5.41) is 2.56. The smallest absolute Gasteiger partial charge is 0.343 e. The molecular weight excluding hydrogens is 476 g/mol. The number of benzene rings is 4. The molecule has 0 saturated heterocycles. The summed E-state index contributed by atoms with van der Waals surface area (Å²) < 4.78 is 0. The summed E-state index contributed by atoms with van der Waals surface area (Å²) in [4.78, 5) is 37.5. The molecule has 192 valence electrons. The molecule has 4 aromatic carbocycles. The molecule has 1 aliphatic heterocycles. The van der Waals surface area contributed by atoms with Crippen LogP contribution < -0.4 is 9.80 Å². The molecule has 0 amide bonds. The lowest BCUT2D eigenvalue weighted by Crippen LogP contribution is -2.46. The predicted octanol–water partition coefficient (Wildman–Crippen LogP) is 6.61. The van der Waals surface area contributed by atoms with Gasteiger partial charge in [0, 0.05) is 23.6 Å². The maximum atomic E-state index is 8.12. The predicted molar refractivity (Wildman–Crippen MR) is 147 cm³/mol. The molecule has 0 aliphatic carbocycles. The molecular formula is C32H30N2O4. The van der Waals surface area contributed by atoms with Gasteiger partial charge in [-0.2, -0.15) is 19.2 Å². The van der Waals surface area contributed by atoms with Gasteiger partial charge in [0.15, 0.2) is 0 Å². The number of carbonyl (C=O) groups excluding carboxylic acids is 4. The van der Waals surface area contributed by atoms with Crippen molar-refractivity contribution in [2.24, 2.45) is 0 Å². The van der Waals surface area contributed by atoms with Crippen LogP contribution in [0.1, 0.15) is 36.7 Å². The normalized spacial score (nSPS) is 14.5. The quantitative estimate of drug-likeness (QED) is 0.311. The average molecular weight is 507 g/mol. The van der Waals surface area contributed by atoms with E-state index in [1.54, 1.807) is 0 Å². The Labute approximate surface area is 222 Å². The van der Waals surface area contributed by atoms with Crippen LogP contribution in [0, 0.1) is 13.8 Å². The number of nitrogens with zero attached hydrogens (tertiary/aromatic N) is 2. The highest BCUT2D eigenvalue weighted by molar-refractivity contribution is 5.83. The fraction of sp³-hybridized carbons (Fsp3) is 0.188. The molecule has 4 aromatic rings. The summed E-state index contributed by atoms with van der Waals surface area (Å²) in [5.41, 5.74) is 9.06. The van der Waals surface area contributed by atoms with E-state index < -0.39 is 0 Å². The van der Waals surface area contributed by atoms with Gasteiger partial charge in [-0.1, -0.05) is 71.8 Å². The lowest BCUT2D eigenvalue weighted by atomic mass is 9.98. The Balaban J connectivity index is 0.000000611. The van der Waals surface area contributed by atoms with Gasteiger partial charge in [0.2, 0.25) is 0 Å². The van der Waals surface area contributed by atoms with Crippen molar-refractivity contribution in [1.29, 1.82) is 0 Å². The van der Waals surface area contributed by atoms with Crippen molar-refractivity contribution in [3.8, 4) is 0 Å². The topological polar surface area (TPSA) is 74.8 Å². The third kappa shape index (κ3) is 6.32. The zero-order valence-electron chi connectivity index (χ0n) is 22.0. The number of allylic oxidation sites excluding steroid dienone is 1. The third-order valence-corrected chi connectivity index (χ3v) is 6.68. The summed E-state index contributed by atoms with van der Waals surface area (Å²) in [6.07, 6.45) is 0.578. The van der Waals surface area contributed by atoms with Crippen molar-refractivity contribution in [1.82, 2.24) is 0 Å². The Morgan fingerprint density at radius 3 is 1.68 bits per heavy atom. The van der Waals surface area contributed by atoms with Gasteiger partial charge in [0.1, 0.15) is 6.17 Å². The summed E-state index contributed by atoms with van der Waals surface area (Å²) in [5.74, 6) is 0. The number of aryl methyl sites for hydroxylation is 2. The SMILES string of the molecule is CC1=C(C)N(c2ccc(C)cc2)C(c2ccc3ccccc3c2)N(c2ccc(C)cc2)C1.O=C=O.O=C=O. The molecule has 6 nitrogen and oxygen atoms in total. The van der Waals surface area contributed by atoms with E-state index in [0.29, 0.717) is 0 Å². The van der Waals surface area contributed by atoms with Gasteiger partial charge in [-0.3, -0.25) is 0 Å². The molecule has 0 bridgehead atoms. The first-order chi connectivity index (χ1) is 18.3. The Bertz CT molecular complexity index is 1470. The van der Waals surface area contributed by atoms with Crippen molar-refractivity contribution in [3.05, 3.63) is 119 Å². The fourth-order valence-electron chi connectivity index (χ4n) is 4.69. The third-order valence-electron chi connectivity index (χ3n) is 6.68. The molecule has 6 heteroatoms. The maximum absolute atomic E-state index is 8.12. The van der Waals surface area contributed by atoms with Crippen LogP contribution in [-0.4, -0.2) is 18.8 Å². The fourth-order valence-corrected chi connectivity index (χ4v) is 4.69. The van der Waals surface area contributed by atoms with Crippen LogP contribution in [0.15, 0.2) is 102 Å². The van der Waals surface area contributed by atoms with Crippen molar-refractivity contribution in [3.63, 3.8) is 0 Å². The maximum Gasteiger partial charge on any atom is 0.373 e. The minimum atomic E-state index is 0.0775. The van der Waals surface area contributed by atoms with E-state index in [1.165, 1.54) is 50.1 Å². The van der Waals surface area contributed by atoms with Crippen LogP contribution in [0.4, 0.5) is 11.4 Å². The highest BCUT2D eigenvalue weighted by Gasteiger charge is 2.33. The van der Waals surface area contributed by atoms with E-state index in [9.17, 15) is 0 Å². The van der Waals surface area contributed by atoms with Crippen molar-refractivity contribution >= 4 is 34.5 Å². The molecule has 1 unspecified atom stereocenters. The van der Waals surface area contributed by atoms with Gasteiger partial charge in [0.25, 0.3) is 0 Å². The Kier molecular flexibility index (Phi) is 9.50. The second-order valence-corrected chi connectivity index (χ2v) is 9.18. The molecule has 1 heterocycles. The van der Waals surface area contributed by atoms with E-state index >= 15 is 0 Å². The summed E-state index contributed by atoms with van der Waals surface area (Å²) in [6, 6.07) is 33.4. The van der Waals surface area contributed by atoms with Crippen molar-refractivity contribution in [2.45, 2.75) is 33.9 Å². The lowest BCUT2D eigenvalue weighted by molar-refractivity contribution is -0.193. The Hall–Kier alpha value is -4.76. The van der Waals surface area contributed by atoms with E-state index in [1.807, 2.05) is 0 Å².